The number of aliphatic imine (C=N–C) groups is 1. The van der Waals surface area contributed by atoms with E-state index in [9.17, 15) is 0 Å². The molecule has 0 radical (unpaired) electrons. The van der Waals surface area contributed by atoms with Crippen LogP contribution in [0, 0.1) is 6.92 Å². The molecule has 0 saturated carbocycles. The van der Waals surface area contributed by atoms with Crippen LogP contribution in [0.4, 0.5) is 0 Å². The number of benzene rings is 1. The predicted octanol–water partition coefficient (Wildman–Crippen LogP) is 1.68. The van der Waals surface area contributed by atoms with E-state index in [0.29, 0.717) is 18.3 Å². The lowest BCUT2D eigenvalue weighted by Gasteiger charge is -2.10. The monoisotopic (exact) mass is 287 g/mol. The zero-order valence-corrected chi connectivity index (χ0v) is 12.5. The Morgan fingerprint density at radius 1 is 1.24 bits per heavy atom. The lowest BCUT2D eigenvalue weighted by molar-refractivity contribution is 0.387. The Labute approximate surface area is 124 Å². The van der Waals surface area contributed by atoms with Crippen molar-refractivity contribution in [2.45, 2.75) is 26.3 Å². The Hall–Kier alpha value is -2.37. The molecule has 1 heterocycles. The van der Waals surface area contributed by atoms with E-state index in [4.69, 9.17) is 4.52 Å². The van der Waals surface area contributed by atoms with E-state index in [1.165, 1.54) is 5.56 Å². The van der Waals surface area contributed by atoms with Crippen LogP contribution in [-0.2, 0) is 13.0 Å². The van der Waals surface area contributed by atoms with Crippen molar-refractivity contribution in [2.24, 2.45) is 4.99 Å². The van der Waals surface area contributed by atoms with Gasteiger partial charge in [0, 0.05) is 20.5 Å². The summed E-state index contributed by atoms with van der Waals surface area (Å²) in [6, 6.07) is 10.5. The van der Waals surface area contributed by atoms with Crippen molar-refractivity contribution in [3.05, 3.63) is 47.6 Å². The molecule has 6 heteroatoms. The summed E-state index contributed by atoms with van der Waals surface area (Å²) in [6.07, 6.45) is 2.10. The first-order valence-electron chi connectivity index (χ1n) is 7.05. The summed E-state index contributed by atoms with van der Waals surface area (Å²) < 4.78 is 4.92. The minimum Gasteiger partial charge on any atom is -0.356 e. The Bertz CT molecular complexity index is 564. The maximum Gasteiger partial charge on any atom is 0.223 e. The molecule has 1 aromatic carbocycles. The lowest BCUT2D eigenvalue weighted by Crippen LogP contribution is -2.37. The van der Waals surface area contributed by atoms with Gasteiger partial charge in [-0.15, -0.1) is 0 Å². The van der Waals surface area contributed by atoms with E-state index in [2.05, 4.69) is 50.0 Å². The number of nitrogens with one attached hydrogen (secondary N) is 2. The molecular weight excluding hydrogens is 266 g/mol. The van der Waals surface area contributed by atoms with E-state index in [1.54, 1.807) is 14.0 Å². The number of nitrogens with zero attached hydrogens (tertiary/aromatic N) is 3. The van der Waals surface area contributed by atoms with Crippen LogP contribution in [-0.4, -0.2) is 29.7 Å². The van der Waals surface area contributed by atoms with Gasteiger partial charge in [-0.3, -0.25) is 4.99 Å². The zero-order valence-electron chi connectivity index (χ0n) is 12.5. The van der Waals surface area contributed by atoms with E-state index >= 15 is 0 Å². The molecule has 2 rings (SSSR count). The molecule has 0 aliphatic heterocycles. The Balaban J connectivity index is 1.66. The highest BCUT2D eigenvalue weighted by atomic mass is 16.5. The topological polar surface area (TPSA) is 75.3 Å². The Morgan fingerprint density at radius 3 is 2.71 bits per heavy atom. The lowest BCUT2D eigenvalue weighted by atomic mass is 10.1. The van der Waals surface area contributed by atoms with Gasteiger partial charge >= 0.3 is 0 Å². The fraction of sp³-hybridized carbons (Fsp3) is 0.400. The van der Waals surface area contributed by atoms with Crippen molar-refractivity contribution in [3.63, 3.8) is 0 Å². The van der Waals surface area contributed by atoms with Crippen molar-refractivity contribution in [1.29, 1.82) is 0 Å². The second kappa shape index (κ2) is 8.04. The highest BCUT2D eigenvalue weighted by molar-refractivity contribution is 5.79. The molecule has 0 fully saturated rings. The van der Waals surface area contributed by atoms with E-state index in [0.717, 1.165) is 25.3 Å². The summed E-state index contributed by atoms with van der Waals surface area (Å²) in [4.78, 5) is 8.29. The molecule has 1 aromatic heterocycles. The van der Waals surface area contributed by atoms with E-state index in [1.807, 2.05) is 6.07 Å². The van der Waals surface area contributed by atoms with Gasteiger partial charge in [0.25, 0.3) is 0 Å². The molecule has 0 aliphatic carbocycles. The minimum atomic E-state index is 0.496. The molecule has 0 bridgehead atoms. The van der Waals surface area contributed by atoms with Crippen molar-refractivity contribution in [2.75, 3.05) is 13.6 Å². The molecule has 21 heavy (non-hydrogen) atoms. The summed E-state index contributed by atoms with van der Waals surface area (Å²) in [6.45, 7) is 3.13. The summed E-state index contributed by atoms with van der Waals surface area (Å²) >= 11 is 0. The van der Waals surface area contributed by atoms with Gasteiger partial charge in [-0.05, 0) is 18.4 Å². The number of hydrogen-bond acceptors (Lipinski definition) is 4. The summed E-state index contributed by atoms with van der Waals surface area (Å²) in [5.74, 6) is 1.93. The smallest absolute Gasteiger partial charge is 0.223 e. The van der Waals surface area contributed by atoms with Crippen LogP contribution >= 0.6 is 0 Å². The van der Waals surface area contributed by atoms with Crippen LogP contribution in [0.2, 0.25) is 0 Å². The SMILES string of the molecule is CN=C(NCCCc1ccccc1)NCc1noc(C)n1. The van der Waals surface area contributed by atoms with Gasteiger partial charge in [-0.25, -0.2) is 0 Å². The third-order valence-corrected chi connectivity index (χ3v) is 2.98. The molecule has 0 unspecified atom stereocenters. The van der Waals surface area contributed by atoms with Gasteiger partial charge in [-0.2, -0.15) is 4.98 Å². The highest BCUT2D eigenvalue weighted by Crippen LogP contribution is 2.01. The molecule has 2 aromatic rings. The van der Waals surface area contributed by atoms with Crippen molar-refractivity contribution in [1.82, 2.24) is 20.8 Å². The molecule has 0 saturated heterocycles. The summed E-state index contributed by atoms with van der Waals surface area (Å²) in [7, 11) is 1.74. The largest absolute Gasteiger partial charge is 0.356 e. The van der Waals surface area contributed by atoms with Crippen LogP contribution in [0.3, 0.4) is 0 Å². The first-order chi connectivity index (χ1) is 10.3. The molecule has 6 nitrogen and oxygen atoms in total. The predicted molar refractivity (Wildman–Crippen MR) is 82.0 cm³/mol. The molecule has 0 aliphatic rings. The minimum absolute atomic E-state index is 0.496. The Kier molecular flexibility index (Phi) is 5.75. The van der Waals surface area contributed by atoms with Gasteiger partial charge in [-0.1, -0.05) is 35.5 Å². The van der Waals surface area contributed by atoms with Crippen LogP contribution in [0.5, 0.6) is 0 Å². The first kappa shape index (κ1) is 15.0. The number of hydrogen-bond donors (Lipinski definition) is 2. The number of aromatic nitrogens is 2. The van der Waals surface area contributed by atoms with Gasteiger partial charge in [0.15, 0.2) is 11.8 Å². The van der Waals surface area contributed by atoms with Crippen molar-refractivity contribution < 1.29 is 4.52 Å². The van der Waals surface area contributed by atoms with Crippen molar-refractivity contribution in [3.8, 4) is 0 Å². The average Bonchev–Trinajstić information content (AvgIpc) is 2.93. The van der Waals surface area contributed by atoms with Gasteiger partial charge in [0.1, 0.15) is 0 Å². The third-order valence-electron chi connectivity index (χ3n) is 2.98. The second-order valence-corrected chi connectivity index (χ2v) is 4.67. The van der Waals surface area contributed by atoms with Gasteiger partial charge in [0.2, 0.25) is 5.89 Å². The standard InChI is InChI=1S/C15H21N5O/c1-12-19-14(20-21-12)11-18-15(16-2)17-10-6-9-13-7-4-3-5-8-13/h3-5,7-8H,6,9-11H2,1-2H3,(H2,16,17,18). The number of guanidine groups is 1. The summed E-state index contributed by atoms with van der Waals surface area (Å²) in [5, 5.41) is 10.2. The second-order valence-electron chi connectivity index (χ2n) is 4.67. The molecule has 0 spiro atoms. The van der Waals surface area contributed by atoms with Crippen LogP contribution in [0.25, 0.3) is 0 Å². The molecule has 112 valence electrons. The highest BCUT2D eigenvalue weighted by Gasteiger charge is 2.03. The molecular formula is C15H21N5O. The molecule has 0 atom stereocenters. The van der Waals surface area contributed by atoms with Crippen molar-refractivity contribution >= 4 is 5.96 Å². The maximum atomic E-state index is 4.92. The first-order valence-corrected chi connectivity index (χ1v) is 7.05. The van der Waals surface area contributed by atoms with Gasteiger partial charge < -0.3 is 15.2 Å². The zero-order chi connectivity index (χ0) is 14.9. The number of rotatable bonds is 6. The Morgan fingerprint density at radius 2 is 2.05 bits per heavy atom. The van der Waals surface area contributed by atoms with E-state index in [-0.39, 0.29) is 0 Å². The average molecular weight is 287 g/mol. The summed E-state index contributed by atoms with van der Waals surface area (Å²) in [5.41, 5.74) is 1.35. The molecule has 2 N–H and O–H groups in total. The van der Waals surface area contributed by atoms with Crippen LogP contribution < -0.4 is 10.6 Å². The normalized spacial score (nSPS) is 11.4. The fourth-order valence-corrected chi connectivity index (χ4v) is 1.94. The maximum absolute atomic E-state index is 4.92. The fourth-order valence-electron chi connectivity index (χ4n) is 1.94. The van der Waals surface area contributed by atoms with Crippen LogP contribution in [0.1, 0.15) is 23.7 Å². The third kappa shape index (κ3) is 5.25. The van der Waals surface area contributed by atoms with Crippen LogP contribution in [0.15, 0.2) is 39.8 Å². The van der Waals surface area contributed by atoms with E-state index < -0.39 is 0 Å². The molecule has 0 amide bonds. The quantitative estimate of drug-likeness (QED) is 0.480. The van der Waals surface area contributed by atoms with Gasteiger partial charge in [0.05, 0.1) is 6.54 Å². The number of aryl methyl sites for hydroxylation is 2.